The zero-order valence-electron chi connectivity index (χ0n) is 13.7. The summed E-state index contributed by atoms with van der Waals surface area (Å²) in [6.45, 7) is 13.6. The number of benzene rings is 1. The van der Waals surface area contributed by atoms with Crippen LogP contribution in [0.3, 0.4) is 0 Å². The molecule has 0 heteroatoms. The van der Waals surface area contributed by atoms with Gasteiger partial charge < -0.3 is 0 Å². The molecule has 0 amide bonds. The zero-order valence-corrected chi connectivity index (χ0v) is 13.7. The molecule has 0 saturated carbocycles. The topological polar surface area (TPSA) is 0 Å². The molecule has 0 bridgehead atoms. The summed E-state index contributed by atoms with van der Waals surface area (Å²) >= 11 is 0. The first-order valence-electron chi connectivity index (χ1n) is 7.53. The molecule has 1 aliphatic rings. The highest BCUT2D eigenvalue weighted by molar-refractivity contribution is 5.46. The van der Waals surface area contributed by atoms with E-state index in [1.165, 1.54) is 22.6 Å². The van der Waals surface area contributed by atoms with Crippen LogP contribution in [0.15, 0.2) is 48.1 Å². The Balaban J connectivity index is 2.13. The fourth-order valence-corrected chi connectivity index (χ4v) is 2.50. The summed E-state index contributed by atoms with van der Waals surface area (Å²) in [4.78, 5) is 0. The molecule has 0 unspecified atom stereocenters. The Hall–Kier alpha value is -1.30. The molecular weight excluding hydrogens is 240 g/mol. The Labute approximate surface area is 124 Å². The highest BCUT2D eigenvalue weighted by Crippen LogP contribution is 2.34. The van der Waals surface area contributed by atoms with Crippen LogP contribution < -0.4 is 0 Å². The molecule has 0 heterocycles. The van der Waals surface area contributed by atoms with Crippen molar-refractivity contribution in [1.82, 2.24) is 0 Å². The predicted molar refractivity (Wildman–Crippen MR) is 88.8 cm³/mol. The van der Waals surface area contributed by atoms with Crippen LogP contribution in [-0.2, 0) is 5.41 Å². The summed E-state index contributed by atoms with van der Waals surface area (Å²) in [7, 11) is 0. The zero-order chi connectivity index (χ0) is 15.0. The van der Waals surface area contributed by atoms with Gasteiger partial charge in [0.1, 0.15) is 0 Å². The van der Waals surface area contributed by atoms with Crippen LogP contribution >= 0.6 is 0 Å². The van der Waals surface area contributed by atoms with Crippen molar-refractivity contribution >= 4 is 0 Å². The van der Waals surface area contributed by atoms with Gasteiger partial charge in [-0.25, -0.2) is 0 Å². The Morgan fingerprint density at radius 1 is 0.750 bits per heavy atom. The summed E-state index contributed by atoms with van der Waals surface area (Å²) in [6.07, 6.45) is 7.97. The van der Waals surface area contributed by atoms with Gasteiger partial charge in [0.25, 0.3) is 0 Å². The molecule has 0 N–H and O–H groups in total. The van der Waals surface area contributed by atoms with E-state index in [-0.39, 0.29) is 10.8 Å². The van der Waals surface area contributed by atoms with Crippen LogP contribution in [0.4, 0.5) is 0 Å². The Morgan fingerprint density at radius 2 is 1.35 bits per heavy atom. The van der Waals surface area contributed by atoms with Crippen molar-refractivity contribution in [2.24, 2.45) is 5.41 Å². The van der Waals surface area contributed by atoms with Gasteiger partial charge in [0.15, 0.2) is 0 Å². The van der Waals surface area contributed by atoms with Crippen molar-refractivity contribution < 1.29 is 0 Å². The van der Waals surface area contributed by atoms with Crippen LogP contribution in [-0.4, -0.2) is 0 Å². The number of allylic oxidation sites excluding steroid dienone is 4. The van der Waals surface area contributed by atoms with Gasteiger partial charge in [0.2, 0.25) is 0 Å². The average molecular weight is 267 g/mol. The van der Waals surface area contributed by atoms with Crippen molar-refractivity contribution in [3.63, 3.8) is 0 Å². The van der Waals surface area contributed by atoms with Gasteiger partial charge in [-0.2, -0.15) is 0 Å². The van der Waals surface area contributed by atoms with Crippen LogP contribution in [0.25, 0.3) is 0 Å². The molecule has 0 aromatic heterocycles. The molecule has 0 nitrogen and oxygen atoms in total. The third-order valence-electron chi connectivity index (χ3n) is 3.99. The van der Waals surface area contributed by atoms with Crippen LogP contribution in [0.5, 0.6) is 0 Å². The molecule has 0 spiro atoms. The van der Waals surface area contributed by atoms with Crippen LogP contribution in [0.1, 0.15) is 59.1 Å². The van der Waals surface area contributed by atoms with Crippen LogP contribution in [0, 0.1) is 11.3 Å². The van der Waals surface area contributed by atoms with E-state index in [1.807, 2.05) is 0 Å². The Kier molecular flexibility index (Phi) is 3.95. The molecule has 0 saturated heterocycles. The summed E-state index contributed by atoms with van der Waals surface area (Å²) in [6, 6.07) is 9.05. The molecule has 20 heavy (non-hydrogen) atoms. The summed E-state index contributed by atoms with van der Waals surface area (Å²) < 4.78 is 0. The lowest BCUT2D eigenvalue weighted by molar-refractivity contribution is 0.513. The van der Waals surface area contributed by atoms with Crippen molar-refractivity contribution in [2.45, 2.75) is 53.4 Å². The molecule has 107 valence electrons. The summed E-state index contributed by atoms with van der Waals surface area (Å²) in [5.41, 5.74) is 4.65. The predicted octanol–water partition coefficient (Wildman–Crippen LogP) is 5.84. The minimum atomic E-state index is 0.227. The molecular formula is C20H27. The minimum absolute atomic E-state index is 0.227. The number of hydrogen-bond acceptors (Lipinski definition) is 0. The normalized spacial score (nSPS) is 17.2. The fraction of sp³-hybridized carbons (Fsp3) is 0.450. The second-order valence-corrected chi connectivity index (χ2v) is 7.80. The molecule has 2 rings (SSSR count). The average Bonchev–Trinajstić information content (AvgIpc) is 2.37. The summed E-state index contributed by atoms with van der Waals surface area (Å²) in [5, 5.41) is 0. The largest absolute Gasteiger partial charge is 0.0795 e. The Bertz CT molecular complexity index is 513. The first kappa shape index (κ1) is 15.1. The van der Waals surface area contributed by atoms with Gasteiger partial charge in [-0.1, -0.05) is 84.0 Å². The van der Waals surface area contributed by atoms with Crippen LogP contribution in [0.2, 0.25) is 0 Å². The van der Waals surface area contributed by atoms with Gasteiger partial charge in [0.05, 0.1) is 0 Å². The molecule has 0 aliphatic heterocycles. The smallest absolute Gasteiger partial charge is 0.0304 e. The molecule has 0 atom stereocenters. The van der Waals surface area contributed by atoms with Gasteiger partial charge in [-0.15, -0.1) is 0 Å². The van der Waals surface area contributed by atoms with E-state index in [0.29, 0.717) is 0 Å². The first-order valence-corrected chi connectivity index (χ1v) is 7.53. The van der Waals surface area contributed by atoms with Gasteiger partial charge in [-0.3, -0.25) is 0 Å². The summed E-state index contributed by atoms with van der Waals surface area (Å²) in [5.74, 6) is 1.42. The maximum atomic E-state index is 2.37. The monoisotopic (exact) mass is 267 g/mol. The van der Waals surface area contributed by atoms with E-state index >= 15 is 0 Å². The number of hydrogen-bond donors (Lipinski definition) is 0. The van der Waals surface area contributed by atoms with Crippen molar-refractivity contribution in [2.75, 3.05) is 0 Å². The lowest BCUT2D eigenvalue weighted by Gasteiger charge is -2.25. The van der Waals surface area contributed by atoms with E-state index in [0.717, 1.165) is 6.42 Å². The third-order valence-corrected chi connectivity index (χ3v) is 3.99. The minimum Gasteiger partial charge on any atom is -0.0795 e. The van der Waals surface area contributed by atoms with E-state index in [4.69, 9.17) is 0 Å². The SMILES string of the molecule is CC(C)(C)C1=CC[C](c2ccc(C(C)(C)C)cc2)C=C1. The van der Waals surface area contributed by atoms with Crippen molar-refractivity contribution in [3.05, 3.63) is 65.1 Å². The van der Waals surface area contributed by atoms with Gasteiger partial charge >= 0.3 is 0 Å². The van der Waals surface area contributed by atoms with Gasteiger partial charge in [0, 0.05) is 5.92 Å². The Morgan fingerprint density at radius 3 is 1.75 bits per heavy atom. The van der Waals surface area contributed by atoms with E-state index < -0.39 is 0 Å². The first-order chi connectivity index (χ1) is 9.18. The van der Waals surface area contributed by atoms with Crippen molar-refractivity contribution in [1.29, 1.82) is 0 Å². The maximum Gasteiger partial charge on any atom is 0.0304 e. The van der Waals surface area contributed by atoms with Gasteiger partial charge in [-0.05, 0) is 34.0 Å². The molecule has 1 aromatic rings. The molecule has 1 aromatic carbocycles. The van der Waals surface area contributed by atoms with E-state index in [1.54, 1.807) is 0 Å². The fourth-order valence-electron chi connectivity index (χ4n) is 2.50. The second-order valence-electron chi connectivity index (χ2n) is 7.80. The number of rotatable bonds is 1. The third kappa shape index (κ3) is 3.42. The van der Waals surface area contributed by atoms with E-state index in [9.17, 15) is 0 Å². The molecule has 1 aliphatic carbocycles. The standard InChI is InChI=1S/C20H27/c1-19(2,3)17-11-7-15(8-12-17)16-9-13-18(14-10-16)20(4,5)6/h7-9,11-14H,10H2,1-6H3. The lowest BCUT2D eigenvalue weighted by atomic mass is 9.79. The maximum absolute atomic E-state index is 2.37. The molecule has 0 fully saturated rings. The van der Waals surface area contributed by atoms with Crippen molar-refractivity contribution in [3.8, 4) is 0 Å². The van der Waals surface area contributed by atoms with E-state index in [2.05, 4.69) is 84.0 Å². The highest BCUT2D eigenvalue weighted by atomic mass is 14.2. The lowest BCUT2D eigenvalue weighted by Crippen LogP contribution is -2.12. The second kappa shape index (κ2) is 5.24. The highest BCUT2D eigenvalue weighted by Gasteiger charge is 2.20. The quantitative estimate of drug-likeness (QED) is 0.599. The molecule has 1 radical (unpaired) electrons.